The fourth-order valence-electron chi connectivity index (χ4n) is 1.38. The number of benzene rings is 1. The Morgan fingerprint density at radius 1 is 1.44 bits per heavy atom. The first-order valence-electron chi connectivity index (χ1n) is 4.96. The van der Waals surface area contributed by atoms with Gasteiger partial charge in [0.15, 0.2) is 5.69 Å². The van der Waals surface area contributed by atoms with E-state index in [1.54, 1.807) is 18.2 Å². The van der Waals surface area contributed by atoms with Gasteiger partial charge in [-0.05, 0) is 56.5 Å². The summed E-state index contributed by atoms with van der Waals surface area (Å²) in [5, 5.41) is 9.93. The van der Waals surface area contributed by atoms with Crippen LogP contribution in [0.2, 0.25) is 5.02 Å². The molecular formula is C11H8Br2ClN3O. The van der Waals surface area contributed by atoms with Crippen molar-refractivity contribution >= 4 is 55.1 Å². The smallest absolute Gasteiger partial charge is 0.277 e. The van der Waals surface area contributed by atoms with Crippen LogP contribution in [0.15, 0.2) is 27.3 Å². The molecule has 2 N–H and O–H groups in total. The Labute approximate surface area is 125 Å². The van der Waals surface area contributed by atoms with Crippen LogP contribution in [0.1, 0.15) is 16.1 Å². The molecule has 0 radical (unpaired) electrons. The van der Waals surface area contributed by atoms with Crippen LogP contribution in [-0.4, -0.2) is 16.1 Å². The highest BCUT2D eigenvalue weighted by atomic mass is 79.9. The molecule has 18 heavy (non-hydrogen) atoms. The molecule has 0 aliphatic carbocycles. The molecule has 0 spiro atoms. The topological polar surface area (TPSA) is 57.8 Å². The maximum Gasteiger partial charge on any atom is 0.277 e. The monoisotopic (exact) mass is 391 g/mol. The molecule has 0 saturated heterocycles. The van der Waals surface area contributed by atoms with E-state index in [4.69, 9.17) is 11.6 Å². The summed E-state index contributed by atoms with van der Waals surface area (Å²) in [5.74, 6) is -0.311. The zero-order valence-electron chi connectivity index (χ0n) is 9.22. The molecule has 0 atom stereocenters. The molecule has 0 bridgehead atoms. The number of carbonyl (C=O) groups is 1. The number of carbonyl (C=O) groups excluding carboxylic acids is 1. The third-order valence-corrected chi connectivity index (χ3v) is 4.68. The molecule has 0 unspecified atom stereocenters. The standard InChI is InChI=1S/C11H8Br2ClN3O/c1-5-6(14)3-2-4-7(5)15-11(18)9-8(12)10(13)17-16-9/h2-4H,1H3,(H,15,18)(H,16,17). The van der Waals surface area contributed by atoms with Gasteiger partial charge < -0.3 is 5.32 Å². The summed E-state index contributed by atoms with van der Waals surface area (Å²) in [6.07, 6.45) is 0. The zero-order chi connectivity index (χ0) is 13.3. The van der Waals surface area contributed by atoms with E-state index in [1.807, 2.05) is 6.92 Å². The third-order valence-electron chi connectivity index (χ3n) is 2.40. The van der Waals surface area contributed by atoms with Crippen LogP contribution in [0, 0.1) is 6.92 Å². The number of nitrogens with zero attached hydrogens (tertiary/aromatic N) is 1. The minimum absolute atomic E-state index is 0.279. The molecule has 0 aliphatic heterocycles. The summed E-state index contributed by atoms with van der Waals surface area (Å²) < 4.78 is 1.20. The molecule has 7 heteroatoms. The van der Waals surface area contributed by atoms with Crippen molar-refractivity contribution in [1.82, 2.24) is 10.2 Å². The largest absolute Gasteiger partial charge is 0.320 e. The first kappa shape index (κ1) is 13.6. The molecule has 4 nitrogen and oxygen atoms in total. The average Bonchev–Trinajstić information content (AvgIpc) is 2.66. The highest BCUT2D eigenvalue weighted by Crippen LogP contribution is 2.26. The van der Waals surface area contributed by atoms with E-state index >= 15 is 0 Å². The Kier molecular flexibility index (Phi) is 4.09. The van der Waals surface area contributed by atoms with Gasteiger partial charge in [-0.25, -0.2) is 0 Å². The summed E-state index contributed by atoms with van der Waals surface area (Å²) in [6, 6.07) is 5.34. The second-order valence-electron chi connectivity index (χ2n) is 3.57. The molecular weight excluding hydrogens is 385 g/mol. The molecule has 1 amide bonds. The second-order valence-corrected chi connectivity index (χ2v) is 5.56. The second kappa shape index (κ2) is 5.42. The van der Waals surface area contributed by atoms with E-state index in [-0.39, 0.29) is 11.6 Å². The van der Waals surface area contributed by atoms with Gasteiger partial charge in [-0.3, -0.25) is 9.89 Å². The Morgan fingerprint density at radius 2 is 2.17 bits per heavy atom. The highest BCUT2D eigenvalue weighted by Gasteiger charge is 2.17. The number of nitrogens with one attached hydrogen (secondary N) is 2. The lowest BCUT2D eigenvalue weighted by atomic mass is 10.2. The molecule has 0 aliphatic rings. The van der Waals surface area contributed by atoms with Gasteiger partial charge >= 0.3 is 0 Å². The Morgan fingerprint density at radius 3 is 2.78 bits per heavy atom. The van der Waals surface area contributed by atoms with E-state index in [9.17, 15) is 4.79 Å². The minimum Gasteiger partial charge on any atom is -0.320 e. The molecule has 94 valence electrons. The molecule has 2 rings (SSSR count). The number of H-pyrrole nitrogens is 1. The maximum atomic E-state index is 12.0. The van der Waals surface area contributed by atoms with Crippen LogP contribution < -0.4 is 5.32 Å². The van der Waals surface area contributed by atoms with Crippen LogP contribution in [0.25, 0.3) is 0 Å². The first-order valence-corrected chi connectivity index (χ1v) is 6.93. The number of rotatable bonds is 2. The lowest BCUT2D eigenvalue weighted by Crippen LogP contribution is -2.14. The molecule has 0 saturated carbocycles. The number of amides is 1. The van der Waals surface area contributed by atoms with Crippen molar-refractivity contribution in [2.24, 2.45) is 0 Å². The van der Waals surface area contributed by atoms with Gasteiger partial charge in [-0.15, -0.1) is 0 Å². The Bertz CT molecular complexity index is 612. The van der Waals surface area contributed by atoms with Gasteiger partial charge in [0.25, 0.3) is 5.91 Å². The lowest BCUT2D eigenvalue weighted by Gasteiger charge is -2.08. The van der Waals surface area contributed by atoms with E-state index in [1.165, 1.54) is 0 Å². The van der Waals surface area contributed by atoms with Crippen molar-refractivity contribution in [3.05, 3.63) is 43.6 Å². The van der Waals surface area contributed by atoms with Crippen molar-refractivity contribution in [3.8, 4) is 0 Å². The van der Waals surface area contributed by atoms with Crippen LogP contribution in [0.5, 0.6) is 0 Å². The van der Waals surface area contributed by atoms with Gasteiger partial charge in [0.05, 0.1) is 4.47 Å². The van der Waals surface area contributed by atoms with Crippen molar-refractivity contribution in [1.29, 1.82) is 0 Å². The molecule has 2 aromatic rings. The number of anilines is 1. The predicted octanol–water partition coefficient (Wildman–Crippen LogP) is 4.15. The molecule has 1 aromatic carbocycles. The SMILES string of the molecule is Cc1c(Cl)cccc1NC(=O)c1n[nH]c(Br)c1Br. The number of hydrogen-bond donors (Lipinski definition) is 2. The van der Waals surface area contributed by atoms with Crippen molar-refractivity contribution in [2.75, 3.05) is 5.32 Å². The van der Waals surface area contributed by atoms with E-state index in [2.05, 4.69) is 47.4 Å². The van der Waals surface area contributed by atoms with Gasteiger partial charge in [0, 0.05) is 10.7 Å². The third kappa shape index (κ3) is 2.60. The summed E-state index contributed by atoms with van der Waals surface area (Å²) in [4.78, 5) is 12.0. The Balaban J connectivity index is 2.27. The average molecular weight is 393 g/mol. The Hall–Kier alpha value is -0.850. The summed E-state index contributed by atoms with van der Waals surface area (Å²) >= 11 is 12.5. The maximum absolute atomic E-state index is 12.0. The van der Waals surface area contributed by atoms with Crippen molar-refractivity contribution in [2.45, 2.75) is 6.92 Å². The van der Waals surface area contributed by atoms with Crippen molar-refractivity contribution < 1.29 is 4.79 Å². The summed E-state index contributed by atoms with van der Waals surface area (Å²) in [6.45, 7) is 1.84. The fourth-order valence-corrected chi connectivity index (χ4v) is 2.19. The fraction of sp³-hybridized carbons (Fsp3) is 0.0909. The zero-order valence-corrected chi connectivity index (χ0v) is 13.1. The lowest BCUT2D eigenvalue weighted by molar-refractivity contribution is 0.102. The molecule has 1 aromatic heterocycles. The quantitative estimate of drug-likeness (QED) is 0.805. The molecule has 1 heterocycles. The van der Waals surface area contributed by atoms with Gasteiger partial charge in [-0.1, -0.05) is 17.7 Å². The summed E-state index contributed by atoms with van der Waals surface area (Å²) in [7, 11) is 0. The van der Waals surface area contributed by atoms with Crippen LogP contribution in [0.3, 0.4) is 0 Å². The summed E-state index contributed by atoms with van der Waals surface area (Å²) in [5.41, 5.74) is 1.76. The van der Waals surface area contributed by atoms with E-state index in [0.29, 0.717) is 19.8 Å². The molecule has 0 fully saturated rings. The van der Waals surface area contributed by atoms with Gasteiger partial charge in [0.1, 0.15) is 4.60 Å². The normalized spacial score (nSPS) is 10.4. The number of aromatic amines is 1. The number of halogens is 3. The minimum atomic E-state index is -0.311. The van der Waals surface area contributed by atoms with E-state index in [0.717, 1.165) is 5.56 Å². The highest BCUT2D eigenvalue weighted by molar-refractivity contribution is 9.13. The van der Waals surface area contributed by atoms with E-state index < -0.39 is 0 Å². The van der Waals surface area contributed by atoms with Crippen LogP contribution in [-0.2, 0) is 0 Å². The predicted molar refractivity (Wildman–Crippen MR) is 78.1 cm³/mol. The number of aromatic nitrogens is 2. The van der Waals surface area contributed by atoms with Gasteiger partial charge in [0.2, 0.25) is 0 Å². The van der Waals surface area contributed by atoms with Gasteiger partial charge in [-0.2, -0.15) is 5.10 Å². The number of hydrogen-bond acceptors (Lipinski definition) is 2. The first-order chi connectivity index (χ1) is 8.50. The van der Waals surface area contributed by atoms with Crippen molar-refractivity contribution in [3.63, 3.8) is 0 Å². The van der Waals surface area contributed by atoms with Crippen LogP contribution >= 0.6 is 43.5 Å². The van der Waals surface area contributed by atoms with Crippen LogP contribution in [0.4, 0.5) is 5.69 Å².